The molecule has 0 fully saturated rings. The highest BCUT2D eigenvalue weighted by Crippen LogP contribution is 2.36. The minimum Gasteiger partial charge on any atom is -0.278 e. The quantitative estimate of drug-likeness (QED) is 0.178. The number of benzene rings is 7. The maximum absolute atomic E-state index is 14.4. The fraction of sp³-hybridized carbons (Fsp3) is 0. The number of hydrogen-bond acceptors (Lipinski definition) is 5. The fourth-order valence-corrected chi connectivity index (χ4v) is 7.78. The predicted octanol–water partition coefficient (Wildman–Crippen LogP) is 10.1. The van der Waals surface area contributed by atoms with Gasteiger partial charge >= 0.3 is 5.69 Å². The zero-order valence-corrected chi connectivity index (χ0v) is 29.3. The molecule has 0 radical (unpaired) electrons. The molecular weight excluding hydrogens is 679 g/mol. The average Bonchev–Trinajstić information content (AvgIpc) is 3.81. The van der Waals surface area contributed by atoms with Crippen molar-refractivity contribution in [2.45, 2.75) is 0 Å². The van der Waals surface area contributed by atoms with Gasteiger partial charge in [-0.2, -0.15) is 9.97 Å². The Morgan fingerprint density at radius 2 is 0.927 bits per heavy atom. The fourth-order valence-electron chi connectivity index (χ4n) is 7.78. The number of nitrogens with zero attached hydrogens (tertiary/aromatic N) is 7. The van der Waals surface area contributed by atoms with Gasteiger partial charge in [-0.25, -0.2) is 19.2 Å². The number of imidazole rings is 1. The highest BCUT2D eigenvalue weighted by molar-refractivity contribution is 6.10. The number of rotatable bonds is 5. The van der Waals surface area contributed by atoms with Gasteiger partial charge in [0.1, 0.15) is 0 Å². The molecule has 55 heavy (non-hydrogen) atoms. The Morgan fingerprint density at radius 3 is 1.62 bits per heavy atom. The molecule has 0 saturated carbocycles. The van der Waals surface area contributed by atoms with Crippen molar-refractivity contribution in [2.24, 2.45) is 0 Å². The van der Waals surface area contributed by atoms with Gasteiger partial charge in [-0.05, 0) is 65.7 Å². The van der Waals surface area contributed by atoms with Crippen molar-refractivity contribution in [1.29, 1.82) is 0 Å². The molecule has 4 aromatic heterocycles. The van der Waals surface area contributed by atoms with Crippen molar-refractivity contribution in [3.05, 3.63) is 186 Å². The van der Waals surface area contributed by atoms with Gasteiger partial charge in [-0.15, -0.1) is 0 Å². The second-order valence-electron chi connectivity index (χ2n) is 13.5. The molecule has 258 valence electrons. The third-order valence-electron chi connectivity index (χ3n) is 10.3. The van der Waals surface area contributed by atoms with E-state index >= 15 is 0 Å². The summed E-state index contributed by atoms with van der Waals surface area (Å²) in [5.41, 5.74) is 9.38. The van der Waals surface area contributed by atoms with Crippen LogP contribution in [0, 0.1) is 0 Å². The van der Waals surface area contributed by atoms with Gasteiger partial charge in [-0.3, -0.25) is 9.13 Å². The second-order valence-corrected chi connectivity index (χ2v) is 13.5. The monoisotopic (exact) mass is 707 g/mol. The van der Waals surface area contributed by atoms with E-state index in [4.69, 9.17) is 19.9 Å². The first kappa shape index (κ1) is 30.9. The first-order valence-electron chi connectivity index (χ1n) is 18.1. The van der Waals surface area contributed by atoms with E-state index in [9.17, 15) is 4.79 Å². The standard InChI is InChI=1S/C47H29N7O/c55-47-52(34-18-8-3-9-19-34)40-23-13-11-21-36(40)45-48-38-26-24-33(29-42(38)54(45)47)32-25-27-41-37(28-32)35-20-10-12-22-39(35)53(41)46-50-43(30-14-4-1-5-15-30)49-44(51-46)31-16-6-2-7-17-31/h1-29H. The largest absolute Gasteiger partial charge is 0.339 e. The highest BCUT2D eigenvalue weighted by Gasteiger charge is 2.20. The van der Waals surface area contributed by atoms with Gasteiger partial charge < -0.3 is 0 Å². The zero-order chi connectivity index (χ0) is 36.5. The van der Waals surface area contributed by atoms with Crippen molar-refractivity contribution < 1.29 is 0 Å². The molecular formula is C47H29N7O. The number of aromatic nitrogens is 7. The van der Waals surface area contributed by atoms with Crippen molar-refractivity contribution in [3.63, 3.8) is 0 Å². The van der Waals surface area contributed by atoms with Gasteiger partial charge in [-0.1, -0.05) is 121 Å². The van der Waals surface area contributed by atoms with Crippen molar-refractivity contribution in [2.75, 3.05) is 0 Å². The lowest BCUT2D eigenvalue weighted by atomic mass is 10.0. The zero-order valence-electron chi connectivity index (χ0n) is 29.3. The van der Waals surface area contributed by atoms with Crippen LogP contribution >= 0.6 is 0 Å². The summed E-state index contributed by atoms with van der Waals surface area (Å²) in [6.45, 7) is 0. The molecule has 0 amide bonds. The van der Waals surface area contributed by atoms with Crippen LogP contribution in [-0.4, -0.2) is 33.5 Å². The number of para-hydroxylation sites is 3. The Hall–Kier alpha value is -7.71. The Bertz CT molecular complexity index is 3270. The third kappa shape index (κ3) is 4.89. The van der Waals surface area contributed by atoms with Gasteiger partial charge in [0.15, 0.2) is 17.3 Å². The Kier molecular flexibility index (Phi) is 6.84. The smallest absolute Gasteiger partial charge is 0.278 e. The lowest BCUT2D eigenvalue weighted by Gasteiger charge is -2.12. The molecule has 8 heteroatoms. The lowest BCUT2D eigenvalue weighted by molar-refractivity contribution is 0.932. The van der Waals surface area contributed by atoms with Gasteiger partial charge in [0.2, 0.25) is 5.95 Å². The second kappa shape index (κ2) is 12.2. The summed E-state index contributed by atoms with van der Waals surface area (Å²) in [5.74, 6) is 1.75. The summed E-state index contributed by atoms with van der Waals surface area (Å²) in [6, 6.07) is 58.7. The van der Waals surface area contributed by atoms with Crippen LogP contribution in [0.1, 0.15) is 0 Å². The minimum atomic E-state index is -0.167. The van der Waals surface area contributed by atoms with Crippen molar-refractivity contribution in [3.8, 4) is 45.5 Å². The molecule has 7 aromatic carbocycles. The third-order valence-corrected chi connectivity index (χ3v) is 10.3. The lowest BCUT2D eigenvalue weighted by Crippen LogP contribution is -2.25. The molecule has 0 atom stereocenters. The van der Waals surface area contributed by atoms with Gasteiger partial charge in [0, 0.05) is 27.3 Å². The molecule has 11 rings (SSSR count). The van der Waals surface area contributed by atoms with Crippen LogP contribution in [0.5, 0.6) is 0 Å². The molecule has 4 heterocycles. The molecule has 0 unspecified atom stereocenters. The first-order chi connectivity index (χ1) is 27.2. The molecule has 0 aliphatic carbocycles. The molecule has 0 aliphatic heterocycles. The molecule has 11 aromatic rings. The van der Waals surface area contributed by atoms with E-state index in [2.05, 4.69) is 53.1 Å². The molecule has 8 nitrogen and oxygen atoms in total. The summed E-state index contributed by atoms with van der Waals surface area (Å²) < 4.78 is 5.64. The average molecular weight is 708 g/mol. The van der Waals surface area contributed by atoms with Crippen LogP contribution in [0.2, 0.25) is 0 Å². The van der Waals surface area contributed by atoms with E-state index in [1.54, 1.807) is 8.97 Å². The SMILES string of the molecule is O=c1n(-c2ccccc2)c2ccccc2c2nc3ccc(-c4ccc5c(c4)c4ccccc4n5-c4nc(-c5ccccc5)nc(-c5ccccc5)n4)cc3n12. The van der Waals surface area contributed by atoms with Crippen LogP contribution in [0.25, 0.3) is 94.9 Å². The van der Waals surface area contributed by atoms with E-state index in [1.165, 1.54) is 0 Å². The first-order valence-corrected chi connectivity index (χ1v) is 18.1. The van der Waals surface area contributed by atoms with Crippen LogP contribution in [-0.2, 0) is 0 Å². The molecule has 0 bridgehead atoms. The summed E-state index contributed by atoms with van der Waals surface area (Å²) >= 11 is 0. The Labute approximate surface area is 313 Å². The minimum absolute atomic E-state index is 0.167. The number of fused-ring (bicyclic) bond motifs is 8. The van der Waals surface area contributed by atoms with Crippen molar-refractivity contribution in [1.82, 2.24) is 33.5 Å². The predicted molar refractivity (Wildman–Crippen MR) is 220 cm³/mol. The van der Waals surface area contributed by atoms with E-state index in [-0.39, 0.29) is 5.69 Å². The normalized spacial score (nSPS) is 11.7. The highest BCUT2D eigenvalue weighted by atomic mass is 16.1. The molecule has 0 saturated heterocycles. The van der Waals surface area contributed by atoms with Gasteiger partial charge in [0.05, 0.1) is 33.3 Å². The van der Waals surface area contributed by atoms with E-state index < -0.39 is 0 Å². The summed E-state index contributed by atoms with van der Waals surface area (Å²) in [6.07, 6.45) is 0. The topological polar surface area (TPSA) is 82.9 Å². The van der Waals surface area contributed by atoms with E-state index in [0.717, 1.165) is 71.7 Å². The molecule has 0 N–H and O–H groups in total. The summed E-state index contributed by atoms with van der Waals surface area (Å²) in [7, 11) is 0. The number of hydrogen-bond donors (Lipinski definition) is 0. The van der Waals surface area contributed by atoms with Crippen LogP contribution in [0.3, 0.4) is 0 Å². The van der Waals surface area contributed by atoms with E-state index in [1.807, 2.05) is 127 Å². The van der Waals surface area contributed by atoms with Crippen LogP contribution < -0.4 is 5.69 Å². The van der Waals surface area contributed by atoms with Crippen molar-refractivity contribution >= 4 is 49.4 Å². The summed E-state index contributed by atoms with van der Waals surface area (Å²) in [4.78, 5) is 34.5. The Morgan fingerprint density at radius 1 is 0.382 bits per heavy atom. The molecule has 0 aliphatic rings. The Balaban J connectivity index is 1.12. The summed E-state index contributed by atoms with van der Waals surface area (Å²) in [5, 5.41) is 3.05. The van der Waals surface area contributed by atoms with Crippen LogP contribution in [0.15, 0.2) is 181 Å². The maximum atomic E-state index is 14.4. The van der Waals surface area contributed by atoms with E-state index in [0.29, 0.717) is 23.2 Å². The molecule has 0 spiro atoms. The van der Waals surface area contributed by atoms with Gasteiger partial charge in [0.25, 0.3) is 0 Å². The maximum Gasteiger partial charge on any atom is 0.339 e. The van der Waals surface area contributed by atoms with Crippen LogP contribution in [0.4, 0.5) is 0 Å².